The Morgan fingerprint density at radius 3 is 2.17 bits per heavy atom. The van der Waals surface area contributed by atoms with Crippen LogP contribution in [0.5, 0.6) is 0 Å². The van der Waals surface area contributed by atoms with Gasteiger partial charge in [-0.2, -0.15) is 0 Å². The second-order valence-electron chi connectivity index (χ2n) is 4.38. The van der Waals surface area contributed by atoms with Gasteiger partial charge in [0, 0.05) is 0 Å². The zero-order chi connectivity index (χ0) is 14.3. The summed E-state index contributed by atoms with van der Waals surface area (Å²) < 4.78 is 0. The Kier molecular flexibility index (Phi) is 7.49. The lowest BCUT2D eigenvalue weighted by Crippen LogP contribution is -2.38. The molecule has 0 amide bonds. The van der Waals surface area contributed by atoms with Crippen molar-refractivity contribution in [3.63, 3.8) is 0 Å². The number of aliphatic hydroxyl groups is 1. The zero-order valence-corrected chi connectivity index (χ0v) is 10.7. The predicted octanol–water partition coefficient (Wildman–Crippen LogP) is -0.762. The van der Waals surface area contributed by atoms with E-state index in [2.05, 4.69) is 5.32 Å². The van der Waals surface area contributed by atoms with E-state index in [0.717, 1.165) is 6.42 Å². The van der Waals surface area contributed by atoms with Crippen LogP contribution in [0.25, 0.3) is 0 Å². The van der Waals surface area contributed by atoms with Crippen molar-refractivity contribution in [2.45, 2.75) is 44.9 Å². The average Bonchev–Trinajstić information content (AvgIpc) is 2.74. The van der Waals surface area contributed by atoms with E-state index in [4.69, 9.17) is 21.1 Å². The van der Waals surface area contributed by atoms with Gasteiger partial charge in [0.25, 0.3) is 0 Å². The molecule has 7 heteroatoms. The number of hydrogen-bond acceptors (Lipinski definition) is 5. The van der Waals surface area contributed by atoms with E-state index >= 15 is 0 Å². The molecule has 1 aliphatic heterocycles. The molecule has 0 saturated carbocycles. The second-order valence-corrected chi connectivity index (χ2v) is 4.38. The molecule has 0 bridgehead atoms. The maximum absolute atomic E-state index is 10.2. The number of nitrogens with one attached hydrogen (secondary N) is 1. The summed E-state index contributed by atoms with van der Waals surface area (Å²) in [5.74, 6) is -1.81. The first-order chi connectivity index (χ1) is 8.31. The molecule has 18 heavy (non-hydrogen) atoms. The van der Waals surface area contributed by atoms with Crippen molar-refractivity contribution in [2.75, 3.05) is 6.54 Å². The summed E-state index contributed by atoms with van der Waals surface area (Å²) >= 11 is 0. The van der Waals surface area contributed by atoms with Crippen LogP contribution in [0.1, 0.15) is 26.7 Å². The number of carbonyl (C=O) groups is 2. The molecular weight excluding hydrogens is 240 g/mol. The second kappa shape index (κ2) is 8.02. The number of rotatable bonds is 4. The van der Waals surface area contributed by atoms with E-state index in [9.17, 15) is 9.59 Å². The van der Waals surface area contributed by atoms with Crippen LogP contribution in [-0.2, 0) is 9.59 Å². The lowest BCUT2D eigenvalue weighted by molar-refractivity contribution is -0.141. The molecule has 0 aromatic rings. The minimum atomic E-state index is -0.972. The Morgan fingerprint density at radius 1 is 1.44 bits per heavy atom. The molecule has 0 spiro atoms. The first-order valence-electron chi connectivity index (χ1n) is 5.93. The van der Waals surface area contributed by atoms with Gasteiger partial charge >= 0.3 is 11.9 Å². The van der Waals surface area contributed by atoms with Crippen LogP contribution < -0.4 is 11.1 Å². The Hall–Kier alpha value is -1.18. The molecule has 1 unspecified atom stereocenters. The fourth-order valence-electron chi connectivity index (χ4n) is 1.44. The van der Waals surface area contributed by atoms with E-state index in [1.165, 1.54) is 0 Å². The molecule has 106 valence electrons. The lowest BCUT2D eigenvalue weighted by atomic mass is 10.0. The third kappa shape index (κ3) is 5.44. The van der Waals surface area contributed by atoms with E-state index in [1.807, 2.05) is 13.8 Å². The molecule has 0 aromatic heterocycles. The fourth-order valence-corrected chi connectivity index (χ4v) is 1.44. The minimum Gasteiger partial charge on any atom is -0.480 e. The maximum Gasteiger partial charge on any atom is 0.323 e. The van der Waals surface area contributed by atoms with Gasteiger partial charge < -0.3 is 26.4 Å². The molecule has 6 N–H and O–H groups in total. The van der Waals surface area contributed by atoms with Crippen molar-refractivity contribution in [3.8, 4) is 0 Å². The highest BCUT2D eigenvalue weighted by Crippen LogP contribution is 2.05. The summed E-state index contributed by atoms with van der Waals surface area (Å²) in [7, 11) is 0. The van der Waals surface area contributed by atoms with Crippen molar-refractivity contribution in [1.29, 1.82) is 0 Å². The first kappa shape index (κ1) is 16.8. The summed E-state index contributed by atoms with van der Waals surface area (Å²) in [6, 6.07) is -1.44. The highest BCUT2D eigenvalue weighted by atomic mass is 16.4. The highest BCUT2D eigenvalue weighted by Gasteiger charge is 2.30. The van der Waals surface area contributed by atoms with Crippen molar-refractivity contribution in [1.82, 2.24) is 5.32 Å². The van der Waals surface area contributed by atoms with Crippen molar-refractivity contribution in [3.05, 3.63) is 0 Å². The SMILES string of the molecule is CC[C@H](C)[C@H](N)C(=O)O.O=C(O)[C@H]1NCCC1O. The summed E-state index contributed by atoms with van der Waals surface area (Å²) in [6.45, 7) is 4.35. The summed E-state index contributed by atoms with van der Waals surface area (Å²) in [5.41, 5.74) is 5.27. The van der Waals surface area contributed by atoms with Gasteiger partial charge in [-0.3, -0.25) is 9.59 Å². The quantitative estimate of drug-likeness (QED) is 0.449. The summed E-state index contributed by atoms with van der Waals surface area (Å²) in [5, 5.41) is 28.3. The van der Waals surface area contributed by atoms with E-state index < -0.39 is 30.1 Å². The van der Waals surface area contributed by atoms with Crippen LogP contribution in [0, 0.1) is 5.92 Å². The molecular formula is C11H22N2O5. The molecule has 1 aliphatic rings. The number of aliphatic carboxylic acids is 2. The Bertz CT molecular complexity index is 285. The number of aliphatic hydroxyl groups excluding tert-OH is 1. The number of carboxylic acid groups (broad SMARTS) is 2. The van der Waals surface area contributed by atoms with Gasteiger partial charge in [-0.25, -0.2) is 0 Å². The lowest BCUT2D eigenvalue weighted by Gasteiger charge is -2.11. The first-order valence-corrected chi connectivity index (χ1v) is 5.93. The van der Waals surface area contributed by atoms with Crippen LogP contribution in [-0.4, -0.2) is 52.0 Å². The molecule has 0 radical (unpaired) electrons. The molecule has 1 fully saturated rings. The standard InChI is InChI=1S/C6H13NO2.C5H9NO3/c1-3-4(2)5(7)6(8)9;7-3-1-2-6-4(3)5(8)9/h4-5H,3,7H2,1-2H3,(H,8,9);3-4,6-7H,1-2H2,(H,8,9)/t4-,5-;3?,4-/m00/s1. The molecule has 0 aromatic carbocycles. The highest BCUT2D eigenvalue weighted by molar-refractivity contribution is 5.74. The molecule has 1 heterocycles. The van der Waals surface area contributed by atoms with Gasteiger partial charge in [-0.15, -0.1) is 0 Å². The van der Waals surface area contributed by atoms with Gasteiger partial charge in [-0.1, -0.05) is 20.3 Å². The topological polar surface area (TPSA) is 133 Å². The van der Waals surface area contributed by atoms with Crippen LogP contribution in [0.4, 0.5) is 0 Å². The summed E-state index contributed by atoms with van der Waals surface area (Å²) in [4.78, 5) is 20.4. The van der Waals surface area contributed by atoms with Crippen molar-refractivity contribution >= 4 is 11.9 Å². The Labute approximate surface area is 106 Å². The number of nitrogens with two attached hydrogens (primary N) is 1. The number of hydrogen-bond donors (Lipinski definition) is 5. The molecule has 4 atom stereocenters. The van der Waals surface area contributed by atoms with Crippen LogP contribution in [0.2, 0.25) is 0 Å². The monoisotopic (exact) mass is 262 g/mol. The largest absolute Gasteiger partial charge is 0.480 e. The van der Waals surface area contributed by atoms with Gasteiger partial charge in [0.2, 0.25) is 0 Å². The zero-order valence-electron chi connectivity index (χ0n) is 10.7. The van der Waals surface area contributed by atoms with E-state index in [-0.39, 0.29) is 5.92 Å². The summed E-state index contributed by atoms with van der Waals surface area (Å²) in [6.07, 6.45) is 0.646. The average molecular weight is 262 g/mol. The van der Waals surface area contributed by atoms with E-state index in [1.54, 1.807) is 0 Å². The van der Waals surface area contributed by atoms with Crippen LogP contribution in [0.3, 0.4) is 0 Å². The molecule has 7 nitrogen and oxygen atoms in total. The van der Waals surface area contributed by atoms with Gasteiger partial charge in [0.05, 0.1) is 6.10 Å². The van der Waals surface area contributed by atoms with Gasteiger partial charge in [0.1, 0.15) is 12.1 Å². The van der Waals surface area contributed by atoms with Crippen LogP contribution >= 0.6 is 0 Å². The predicted molar refractivity (Wildman–Crippen MR) is 65.1 cm³/mol. The van der Waals surface area contributed by atoms with Gasteiger partial charge in [0.15, 0.2) is 0 Å². The van der Waals surface area contributed by atoms with Crippen molar-refractivity contribution < 1.29 is 24.9 Å². The third-order valence-corrected chi connectivity index (χ3v) is 3.00. The minimum absolute atomic E-state index is 0.0718. The molecule has 1 rings (SSSR count). The molecule has 0 aliphatic carbocycles. The fraction of sp³-hybridized carbons (Fsp3) is 0.818. The molecule has 1 saturated heterocycles. The normalized spacial score (nSPS) is 25.8. The third-order valence-electron chi connectivity index (χ3n) is 3.00. The van der Waals surface area contributed by atoms with E-state index in [0.29, 0.717) is 13.0 Å². The number of carboxylic acids is 2. The van der Waals surface area contributed by atoms with Crippen molar-refractivity contribution in [2.24, 2.45) is 11.7 Å². The van der Waals surface area contributed by atoms with Gasteiger partial charge in [-0.05, 0) is 18.9 Å². The maximum atomic E-state index is 10.2. The Balaban J connectivity index is 0.000000321. The van der Waals surface area contributed by atoms with Crippen LogP contribution in [0.15, 0.2) is 0 Å². The Morgan fingerprint density at radius 2 is 2.00 bits per heavy atom. The smallest absolute Gasteiger partial charge is 0.323 e.